The number of amides is 2. The van der Waals surface area contributed by atoms with Crippen LogP contribution in [0.2, 0.25) is 0 Å². The fourth-order valence-electron chi connectivity index (χ4n) is 1.76. The highest BCUT2D eigenvalue weighted by molar-refractivity contribution is 6.02. The molecule has 0 aliphatic carbocycles. The van der Waals surface area contributed by atoms with Gasteiger partial charge in [0, 0.05) is 6.54 Å². The van der Waals surface area contributed by atoms with Gasteiger partial charge in [0.2, 0.25) is 11.8 Å². The van der Waals surface area contributed by atoms with Crippen molar-refractivity contribution in [2.24, 2.45) is 11.1 Å². The quantitative estimate of drug-likeness (QED) is 0.640. The molecule has 0 saturated carbocycles. The molecule has 1 heterocycles. The zero-order valence-corrected chi connectivity index (χ0v) is 9.40. The average Bonchev–Trinajstić information content (AvgIpc) is 2.64. The highest BCUT2D eigenvalue weighted by Gasteiger charge is 2.44. The number of nitrogens with two attached hydrogens (primary N) is 1. The molecule has 6 nitrogen and oxygen atoms in total. The molecule has 1 rings (SSSR count). The summed E-state index contributed by atoms with van der Waals surface area (Å²) in [4.78, 5) is 35.3. The van der Waals surface area contributed by atoms with E-state index < -0.39 is 29.2 Å². The summed E-state index contributed by atoms with van der Waals surface area (Å²) >= 11 is 0. The van der Waals surface area contributed by atoms with Gasteiger partial charge in [0.15, 0.2) is 0 Å². The molecule has 1 atom stereocenters. The van der Waals surface area contributed by atoms with Gasteiger partial charge in [0.05, 0.1) is 0 Å². The summed E-state index contributed by atoms with van der Waals surface area (Å²) in [6.45, 7) is 3.05. The number of hydrogen-bond donors (Lipinski definition) is 2. The molecular weight excluding hydrogens is 212 g/mol. The standard InChI is InChI=1S/C10H16N2O4/c1-10(2,9(15)16)8(14)12-5-3-4-6(12)7(11)13/h6H,3-5H2,1-2H3,(H2,11,13)(H,15,16). The number of rotatable bonds is 3. The minimum absolute atomic E-state index is 0.392. The summed E-state index contributed by atoms with van der Waals surface area (Å²) in [5.74, 6) is -2.33. The van der Waals surface area contributed by atoms with E-state index in [0.717, 1.165) is 0 Å². The zero-order valence-electron chi connectivity index (χ0n) is 9.40. The molecule has 0 aromatic carbocycles. The van der Waals surface area contributed by atoms with Crippen LogP contribution >= 0.6 is 0 Å². The van der Waals surface area contributed by atoms with E-state index in [-0.39, 0.29) is 0 Å². The zero-order chi connectivity index (χ0) is 12.5. The van der Waals surface area contributed by atoms with E-state index in [1.807, 2.05) is 0 Å². The summed E-state index contributed by atoms with van der Waals surface area (Å²) < 4.78 is 0. The first-order valence-corrected chi connectivity index (χ1v) is 5.12. The van der Waals surface area contributed by atoms with Crippen molar-refractivity contribution in [3.05, 3.63) is 0 Å². The van der Waals surface area contributed by atoms with E-state index in [4.69, 9.17) is 10.8 Å². The number of carboxylic acids is 1. The lowest BCUT2D eigenvalue weighted by atomic mass is 9.91. The number of carbonyl (C=O) groups excluding carboxylic acids is 2. The lowest BCUT2D eigenvalue weighted by molar-refractivity contribution is -0.159. The van der Waals surface area contributed by atoms with Crippen LogP contribution in [0.1, 0.15) is 26.7 Å². The van der Waals surface area contributed by atoms with Gasteiger partial charge in [-0.2, -0.15) is 0 Å². The molecule has 0 aromatic rings. The van der Waals surface area contributed by atoms with Crippen molar-refractivity contribution in [2.45, 2.75) is 32.7 Å². The van der Waals surface area contributed by atoms with Gasteiger partial charge in [-0.1, -0.05) is 0 Å². The summed E-state index contributed by atoms with van der Waals surface area (Å²) in [5, 5.41) is 8.93. The highest BCUT2D eigenvalue weighted by Crippen LogP contribution is 2.25. The summed E-state index contributed by atoms with van der Waals surface area (Å²) in [7, 11) is 0. The third kappa shape index (κ3) is 2.00. The molecule has 90 valence electrons. The molecular formula is C10H16N2O4. The van der Waals surface area contributed by atoms with Crippen molar-refractivity contribution < 1.29 is 19.5 Å². The number of primary amides is 1. The molecule has 1 saturated heterocycles. The van der Waals surface area contributed by atoms with Crippen LogP contribution in [0.15, 0.2) is 0 Å². The van der Waals surface area contributed by atoms with E-state index in [1.165, 1.54) is 18.7 Å². The number of aliphatic carboxylic acids is 1. The Morgan fingerprint density at radius 1 is 1.38 bits per heavy atom. The second kappa shape index (κ2) is 4.11. The first-order chi connectivity index (χ1) is 7.28. The van der Waals surface area contributed by atoms with Crippen molar-refractivity contribution in [2.75, 3.05) is 6.54 Å². The highest BCUT2D eigenvalue weighted by atomic mass is 16.4. The van der Waals surface area contributed by atoms with Gasteiger partial charge in [-0.15, -0.1) is 0 Å². The van der Waals surface area contributed by atoms with E-state index in [1.54, 1.807) is 0 Å². The third-order valence-electron chi connectivity index (χ3n) is 2.91. The maximum absolute atomic E-state index is 12.0. The molecule has 0 aromatic heterocycles. The van der Waals surface area contributed by atoms with Gasteiger partial charge >= 0.3 is 5.97 Å². The maximum Gasteiger partial charge on any atom is 0.318 e. The SMILES string of the molecule is CC(C)(C(=O)O)C(=O)N1CCCC1C(N)=O. The minimum atomic E-state index is -1.52. The lowest BCUT2D eigenvalue weighted by Gasteiger charge is -2.29. The summed E-state index contributed by atoms with van der Waals surface area (Å²) in [6, 6.07) is -0.661. The summed E-state index contributed by atoms with van der Waals surface area (Å²) in [5.41, 5.74) is 3.65. The largest absolute Gasteiger partial charge is 0.480 e. The van der Waals surface area contributed by atoms with Crippen molar-refractivity contribution in [3.63, 3.8) is 0 Å². The molecule has 1 unspecified atom stereocenters. The predicted octanol–water partition coefficient (Wildman–Crippen LogP) is -0.426. The molecule has 1 aliphatic heterocycles. The van der Waals surface area contributed by atoms with Crippen molar-refractivity contribution >= 4 is 17.8 Å². The van der Waals surface area contributed by atoms with E-state index >= 15 is 0 Å². The van der Waals surface area contributed by atoms with Gasteiger partial charge in [0.25, 0.3) is 0 Å². The molecule has 0 radical (unpaired) electrons. The van der Waals surface area contributed by atoms with Crippen LogP contribution in [0, 0.1) is 5.41 Å². The first kappa shape index (κ1) is 12.5. The van der Waals surface area contributed by atoms with Crippen LogP contribution in [-0.2, 0) is 14.4 Å². The van der Waals surface area contributed by atoms with Gasteiger partial charge in [-0.3, -0.25) is 14.4 Å². The Morgan fingerprint density at radius 3 is 2.38 bits per heavy atom. The topological polar surface area (TPSA) is 101 Å². The van der Waals surface area contributed by atoms with Crippen molar-refractivity contribution in [1.29, 1.82) is 0 Å². The number of carboxylic acid groups (broad SMARTS) is 1. The number of likely N-dealkylation sites (tertiary alicyclic amines) is 1. The van der Waals surface area contributed by atoms with Crippen molar-refractivity contribution in [1.82, 2.24) is 4.90 Å². The Kier molecular flexibility index (Phi) is 3.21. The Hall–Kier alpha value is -1.59. The van der Waals surface area contributed by atoms with Crippen molar-refractivity contribution in [3.8, 4) is 0 Å². The fourth-order valence-corrected chi connectivity index (χ4v) is 1.76. The normalized spacial score (nSPS) is 20.9. The Labute approximate surface area is 93.4 Å². The molecule has 2 amide bonds. The molecule has 16 heavy (non-hydrogen) atoms. The second-order valence-electron chi connectivity index (χ2n) is 4.49. The first-order valence-electron chi connectivity index (χ1n) is 5.12. The predicted molar refractivity (Wildman–Crippen MR) is 55.3 cm³/mol. The van der Waals surface area contributed by atoms with Gasteiger partial charge in [-0.25, -0.2) is 0 Å². The molecule has 0 bridgehead atoms. The van der Waals surface area contributed by atoms with Crippen LogP contribution in [-0.4, -0.2) is 40.4 Å². The minimum Gasteiger partial charge on any atom is -0.480 e. The van der Waals surface area contributed by atoms with Crippen LogP contribution in [0.5, 0.6) is 0 Å². The van der Waals surface area contributed by atoms with Crippen LogP contribution < -0.4 is 5.73 Å². The van der Waals surface area contributed by atoms with E-state index in [0.29, 0.717) is 19.4 Å². The maximum atomic E-state index is 12.0. The Bertz CT molecular complexity index is 338. The number of carbonyl (C=O) groups is 3. The average molecular weight is 228 g/mol. The fraction of sp³-hybridized carbons (Fsp3) is 0.700. The van der Waals surface area contributed by atoms with Gasteiger partial charge < -0.3 is 15.7 Å². The van der Waals surface area contributed by atoms with Gasteiger partial charge in [-0.05, 0) is 26.7 Å². The monoisotopic (exact) mass is 228 g/mol. The molecule has 1 aliphatic rings. The molecule has 6 heteroatoms. The Morgan fingerprint density at radius 2 is 1.94 bits per heavy atom. The van der Waals surface area contributed by atoms with E-state index in [9.17, 15) is 14.4 Å². The Balaban J connectivity index is 2.89. The van der Waals surface area contributed by atoms with Gasteiger partial charge in [0.1, 0.15) is 11.5 Å². The number of nitrogens with zero attached hydrogens (tertiary/aromatic N) is 1. The molecule has 0 spiro atoms. The third-order valence-corrected chi connectivity index (χ3v) is 2.91. The lowest BCUT2D eigenvalue weighted by Crippen LogP contribution is -2.50. The van der Waals surface area contributed by atoms with Crippen LogP contribution in [0.4, 0.5) is 0 Å². The summed E-state index contributed by atoms with van der Waals surface area (Å²) in [6.07, 6.45) is 1.19. The molecule has 1 fully saturated rings. The molecule has 3 N–H and O–H groups in total. The smallest absolute Gasteiger partial charge is 0.318 e. The second-order valence-corrected chi connectivity index (χ2v) is 4.49. The van der Waals surface area contributed by atoms with Crippen LogP contribution in [0.3, 0.4) is 0 Å². The number of hydrogen-bond acceptors (Lipinski definition) is 3. The van der Waals surface area contributed by atoms with E-state index in [2.05, 4.69) is 0 Å². The van der Waals surface area contributed by atoms with Crippen LogP contribution in [0.25, 0.3) is 0 Å².